The third-order valence-corrected chi connectivity index (χ3v) is 1.41. The van der Waals surface area contributed by atoms with E-state index in [9.17, 15) is 0 Å². The Labute approximate surface area is 57.5 Å². The third-order valence-electron chi connectivity index (χ3n) is 1.41. The topological polar surface area (TPSA) is 43.6 Å². The molecular weight excluding hydrogens is 128 g/mol. The van der Waals surface area contributed by atoms with Crippen LogP contribution in [-0.2, 0) is 7.05 Å². The minimum atomic E-state index is 0.887. The van der Waals surface area contributed by atoms with Gasteiger partial charge in [-0.15, -0.1) is 5.10 Å². The maximum absolute atomic E-state index is 3.95. The summed E-state index contributed by atoms with van der Waals surface area (Å²) in [7, 11) is 1.84. The molecule has 4 heteroatoms. The number of nitrogens with zero attached hydrogens (tertiary/aromatic N) is 4. The van der Waals surface area contributed by atoms with Crippen LogP contribution in [0.2, 0.25) is 0 Å². The summed E-state index contributed by atoms with van der Waals surface area (Å²) in [5.74, 6) is 0. The molecule has 2 heterocycles. The lowest BCUT2D eigenvalue weighted by molar-refractivity contribution is 0.735. The van der Waals surface area contributed by atoms with E-state index in [1.165, 1.54) is 0 Å². The largest absolute Gasteiger partial charge is 0.262 e. The molecule has 4 nitrogen and oxygen atoms in total. The highest BCUT2D eigenvalue weighted by molar-refractivity contribution is 5.72. The first-order chi connectivity index (χ1) is 4.88. The van der Waals surface area contributed by atoms with Gasteiger partial charge in [0.1, 0.15) is 11.0 Å². The van der Waals surface area contributed by atoms with E-state index in [1.54, 1.807) is 17.1 Å². The van der Waals surface area contributed by atoms with Crippen molar-refractivity contribution in [3.05, 3.63) is 18.5 Å². The van der Waals surface area contributed by atoms with E-state index in [0.717, 1.165) is 11.0 Å². The van der Waals surface area contributed by atoms with Crippen LogP contribution in [0.3, 0.4) is 0 Å². The first-order valence-electron chi connectivity index (χ1n) is 2.97. The second kappa shape index (κ2) is 1.76. The zero-order valence-electron chi connectivity index (χ0n) is 5.52. The molecule has 0 atom stereocenters. The molecule has 2 aromatic rings. The van der Waals surface area contributed by atoms with Crippen molar-refractivity contribution < 1.29 is 0 Å². The van der Waals surface area contributed by atoms with Gasteiger partial charge in [0.15, 0.2) is 0 Å². The van der Waals surface area contributed by atoms with Crippen LogP contribution in [0.4, 0.5) is 0 Å². The van der Waals surface area contributed by atoms with Gasteiger partial charge in [-0.1, -0.05) is 5.21 Å². The number of hydrogen-bond donors (Lipinski definition) is 0. The Bertz CT molecular complexity index is 351. The lowest BCUT2D eigenvalue weighted by Gasteiger charge is -1.86. The van der Waals surface area contributed by atoms with Crippen LogP contribution in [0.5, 0.6) is 0 Å². The summed E-state index contributed by atoms with van der Waals surface area (Å²) in [4.78, 5) is 3.95. The number of hydrogen-bond acceptors (Lipinski definition) is 3. The van der Waals surface area contributed by atoms with E-state index >= 15 is 0 Å². The smallest absolute Gasteiger partial charge is 0.116 e. The van der Waals surface area contributed by atoms with Gasteiger partial charge in [-0.05, 0) is 6.07 Å². The molecule has 2 aromatic heterocycles. The summed E-state index contributed by atoms with van der Waals surface area (Å²) in [6.45, 7) is 0. The van der Waals surface area contributed by atoms with E-state index < -0.39 is 0 Å². The molecule has 10 heavy (non-hydrogen) atoms. The van der Waals surface area contributed by atoms with E-state index in [4.69, 9.17) is 0 Å². The molecule has 2 rings (SSSR count). The van der Waals surface area contributed by atoms with E-state index in [0.29, 0.717) is 0 Å². The van der Waals surface area contributed by atoms with Crippen LogP contribution >= 0.6 is 0 Å². The molecule has 0 saturated heterocycles. The number of aryl methyl sites for hydroxylation is 1. The molecule has 50 valence electrons. The molecule has 0 unspecified atom stereocenters. The predicted molar refractivity (Wildman–Crippen MR) is 36.3 cm³/mol. The van der Waals surface area contributed by atoms with Gasteiger partial charge >= 0.3 is 0 Å². The first-order valence-corrected chi connectivity index (χ1v) is 2.97. The summed E-state index contributed by atoms with van der Waals surface area (Å²) in [5, 5.41) is 7.71. The molecule has 0 aliphatic carbocycles. The summed E-state index contributed by atoms with van der Waals surface area (Å²) in [6.07, 6.45) is 3.45. The average Bonchev–Trinajstić information content (AvgIpc) is 2.34. The molecule has 0 aromatic carbocycles. The Morgan fingerprint density at radius 3 is 3.20 bits per heavy atom. The molecule has 0 spiro atoms. The monoisotopic (exact) mass is 134 g/mol. The Kier molecular flexibility index (Phi) is 0.943. The van der Waals surface area contributed by atoms with Gasteiger partial charge in [0.25, 0.3) is 0 Å². The Balaban J connectivity index is 2.93. The highest BCUT2D eigenvalue weighted by Gasteiger charge is 1.96. The molecule has 0 aliphatic heterocycles. The van der Waals surface area contributed by atoms with Crippen LogP contribution < -0.4 is 0 Å². The minimum absolute atomic E-state index is 0.887. The van der Waals surface area contributed by atoms with Crippen molar-refractivity contribution in [3.8, 4) is 0 Å². The summed E-state index contributed by atoms with van der Waals surface area (Å²) >= 11 is 0. The van der Waals surface area contributed by atoms with Crippen LogP contribution in [0.25, 0.3) is 11.0 Å². The SMILES string of the molecule is Cn1nnc2ccncc21. The molecule has 0 amide bonds. The Morgan fingerprint density at radius 2 is 2.40 bits per heavy atom. The van der Waals surface area contributed by atoms with Gasteiger partial charge in [0.2, 0.25) is 0 Å². The molecule has 0 bridgehead atoms. The second-order valence-corrected chi connectivity index (χ2v) is 2.08. The zero-order chi connectivity index (χ0) is 6.97. The van der Waals surface area contributed by atoms with Gasteiger partial charge < -0.3 is 0 Å². The summed E-state index contributed by atoms with van der Waals surface area (Å²) in [5.41, 5.74) is 1.85. The summed E-state index contributed by atoms with van der Waals surface area (Å²) in [6, 6.07) is 1.84. The Morgan fingerprint density at radius 1 is 1.50 bits per heavy atom. The van der Waals surface area contributed by atoms with Gasteiger partial charge in [-0.3, -0.25) is 4.98 Å². The lowest BCUT2D eigenvalue weighted by Crippen LogP contribution is -1.89. The molecule has 0 saturated carbocycles. The average molecular weight is 134 g/mol. The quantitative estimate of drug-likeness (QED) is 0.522. The van der Waals surface area contributed by atoms with Crippen LogP contribution in [0, 0.1) is 0 Å². The second-order valence-electron chi connectivity index (χ2n) is 2.08. The van der Waals surface area contributed by atoms with Gasteiger partial charge in [0, 0.05) is 13.2 Å². The van der Waals surface area contributed by atoms with Crippen molar-refractivity contribution in [2.45, 2.75) is 0 Å². The fraction of sp³-hybridized carbons (Fsp3) is 0.167. The maximum Gasteiger partial charge on any atom is 0.116 e. The third kappa shape index (κ3) is 0.586. The fourth-order valence-corrected chi connectivity index (χ4v) is 0.876. The van der Waals surface area contributed by atoms with Crippen LogP contribution in [0.1, 0.15) is 0 Å². The van der Waals surface area contributed by atoms with Gasteiger partial charge in [0.05, 0.1) is 6.20 Å². The number of pyridine rings is 1. The molecular formula is C6H6N4. The van der Waals surface area contributed by atoms with Crippen LogP contribution in [0.15, 0.2) is 18.5 Å². The standard InChI is InChI=1S/C6H6N4/c1-10-6-4-7-3-2-5(6)8-9-10/h2-4H,1H3. The van der Waals surface area contributed by atoms with Crippen molar-refractivity contribution in [1.29, 1.82) is 0 Å². The first kappa shape index (κ1) is 5.34. The predicted octanol–water partition coefficient (Wildman–Crippen LogP) is 0.363. The zero-order valence-corrected chi connectivity index (χ0v) is 5.52. The van der Waals surface area contributed by atoms with E-state index in [2.05, 4.69) is 15.3 Å². The van der Waals surface area contributed by atoms with Crippen molar-refractivity contribution in [1.82, 2.24) is 20.0 Å². The highest BCUT2D eigenvalue weighted by atomic mass is 15.4. The number of aromatic nitrogens is 4. The number of fused-ring (bicyclic) bond motifs is 1. The fourth-order valence-electron chi connectivity index (χ4n) is 0.876. The van der Waals surface area contributed by atoms with Crippen molar-refractivity contribution in [3.63, 3.8) is 0 Å². The molecule has 0 radical (unpaired) electrons. The number of rotatable bonds is 0. The van der Waals surface area contributed by atoms with Crippen LogP contribution in [-0.4, -0.2) is 20.0 Å². The molecule has 0 aliphatic rings. The molecule has 0 N–H and O–H groups in total. The van der Waals surface area contributed by atoms with Crippen molar-refractivity contribution in [2.24, 2.45) is 7.05 Å². The lowest BCUT2D eigenvalue weighted by atomic mass is 10.4. The minimum Gasteiger partial charge on any atom is -0.262 e. The van der Waals surface area contributed by atoms with Crippen molar-refractivity contribution >= 4 is 11.0 Å². The maximum atomic E-state index is 3.95. The summed E-state index contributed by atoms with van der Waals surface area (Å²) < 4.78 is 1.70. The van der Waals surface area contributed by atoms with Gasteiger partial charge in [-0.25, -0.2) is 4.68 Å². The molecule has 0 fully saturated rings. The Hall–Kier alpha value is -1.45. The van der Waals surface area contributed by atoms with E-state index in [1.807, 2.05) is 13.1 Å². The van der Waals surface area contributed by atoms with Crippen molar-refractivity contribution in [2.75, 3.05) is 0 Å². The highest BCUT2D eigenvalue weighted by Crippen LogP contribution is 2.04. The van der Waals surface area contributed by atoms with E-state index in [-0.39, 0.29) is 0 Å². The normalized spacial score (nSPS) is 10.5. The van der Waals surface area contributed by atoms with Gasteiger partial charge in [-0.2, -0.15) is 0 Å².